The zero-order chi connectivity index (χ0) is 14.3. The first-order valence-electron chi connectivity index (χ1n) is 5.46. The van der Waals surface area contributed by atoms with Gasteiger partial charge < -0.3 is 10.5 Å². The lowest BCUT2D eigenvalue weighted by Crippen LogP contribution is -2.19. The number of hydrogen-bond acceptors (Lipinski definition) is 2. The average Bonchev–Trinajstić information content (AvgIpc) is 2.20. The van der Waals surface area contributed by atoms with E-state index in [0.29, 0.717) is 5.57 Å². The summed E-state index contributed by atoms with van der Waals surface area (Å²) < 4.78 is 29.1. The van der Waals surface area contributed by atoms with Crippen LogP contribution in [0.1, 0.15) is 27.7 Å². The highest BCUT2D eigenvalue weighted by atomic mass is 19.3. The predicted octanol–water partition coefficient (Wildman–Crippen LogP) is 3.91. The van der Waals surface area contributed by atoms with Crippen molar-refractivity contribution in [2.75, 3.05) is 13.2 Å². The van der Waals surface area contributed by atoms with Crippen LogP contribution in [0.2, 0.25) is 0 Å². The van der Waals surface area contributed by atoms with Crippen LogP contribution in [0.4, 0.5) is 8.78 Å². The normalized spacial score (nSPS) is 9.76. The molecule has 4 heteroatoms. The van der Waals surface area contributed by atoms with E-state index in [1.54, 1.807) is 12.2 Å². The fourth-order valence-corrected chi connectivity index (χ4v) is 0.645. The van der Waals surface area contributed by atoms with Gasteiger partial charge in [0.25, 0.3) is 5.92 Å². The summed E-state index contributed by atoms with van der Waals surface area (Å²) in [5.74, 6) is -2.75. The lowest BCUT2D eigenvalue weighted by molar-refractivity contribution is -0.0569. The van der Waals surface area contributed by atoms with Crippen molar-refractivity contribution in [2.45, 2.75) is 33.6 Å². The molecule has 0 radical (unpaired) electrons. The van der Waals surface area contributed by atoms with E-state index in [1.165, 1.54) is 6.20 Å². The molecule has 0 amide bonds. The first kappa shape index (κ1) is 21.2. The van der Waals surface area contributed by atoms with Crippen molar-refractivity contribution in [1.29, 1.82) is 0 Å². The standard InChI is InChI=1S/C9H14F2O.C2H5N.C2H6/c1-4-5-8(2)6-12-7-9(3,10)11;1-2-3;1-2/h4-5H,2,6-7H2,1,3H3;2H,1,3H2;1-2H3/b5-4-;;. The second-order valence-corrected chi connectivity index (χ2v) is 2.96. The fraction of sp³-hybridized carbons (Fsp3) is 0.538. The summed E-state index contributed by atoms with van der Waals surface area (Å²) in [6.07, 6.45) is 4.77. The van der Waals surface area contributed by atoms with Crippen LogP contribution in [0.15, 0.2) is 37.1 Å². The number of halogens is 2. The van der Waals surface area contributed by atoms with Gasteiger partial charge in [-0.1, -0.05) is 39.2 Å². The number of nitrogens with two attached hydrogens (primary N) is 1. The smallest absolute Gasteiger partial charge is 0.268 e. The Kier molecular flexibility index (Phi) is 18.5. The molecule has 0 aliphatic heterocycles. The first-order valence-corrected chi connectivity index (χ1v) is 5.46. The molecule has 0 aliphatic carbocycles. The molecule has 102 valence electrons. The molecule has 0 bridgehead atoms. The summed E-state index contributed by atoms with van der Waals surface area (Å²) in [6, 6.07) is 0. The van der Waals surface area contributed by atoms with Gasteiger partial charge in [-0.15, -0.1) is 0 Å². The van der Waals surface area contributed by atoms with E-state index in [9.17, 15) is 8.78 Å². The molecule has 0 fully saturated rings. The summed E-state index contributed by atoms with van der Waals surface area (Å²) in [5, 5.41) is 0. The molecule has 0 atom stereocenters. The van der Waals surface area contributed by atoms with Gasteiger partial charge in [-0.25, -0.2) is 8.78 Å². The molecule has 0 unspecified atom stereocenters. The van der Waals surface area contributed by atoms with Crippen LogP contribution in [0, 0.1) is 0 Å². The molecule has 0 rings (SSSR count). The van der Waals surface area contributed by atoms with Crippen LogP contribution in [-0.4, -0.2) is 19.1 Å². The maximum Gasteiger partial charge on any atom is 0.268 e. The SMILES string of the molecule is C=C(/C=C\C)COCC(C)(F)F.C=CN.CC. The Morgan fingerprint density at radius 1 is 1.41 bits per heavy atom. The minimum atomic E-state index is -2.75. The minimum absolute atomic E-state index is 0.160. The largest absolute Gasteiger partial charge is 0.405 e. The number of ether oxygens (including phenoxy) is 1. The number of hydrogen-bond donors (Lipinski definition) is 1. The third-order valence-corrected chi connectivity index (χ3v) is 1.05. The highest BCUT2D eigenvalue weighted by Crippen LogP contribution is 2.11. The van der Waals surface area contributed by atoms with Gasteiger partial charge in [0.15, 0.2) is 0 Å². The minimum Gasteiger partial charge on any atom is -0.405 e. The van der Waals surface area contributed by atoms with E-state index in [-0.39, 0.29) is 6.61 Å². The molecule has 0 saturated carbocycles. The molecule has 0 saturated heterocycles. The predicted molar refractivity (Wildman–Crippen MR) is 71.1 cm³/mol. The Morgan fingerprint density at radius 3 is 2.12 bits per heavy atom. The van der Waals surface area contributed by atoms with Crippen molar-refractivity contribution in [3.05, 3.63) is 37.1 Å². The number of rotatable bonds is 5. The summed E-state index contributed by atoms with van der Waals surface area (Å²) in [4.78, 5) is 0. The summed E-state index contributed by atoms with van der Waals surface area (Å²) in [7, 11) is 0. The molecular weight excluding hydrogens is 224 g/mol. The molecule has 0 spiro atoms. The molecule has 0 aromatic heterocycles. The first-order chi connectivity index (χ1) is 7.87. The molecule has 0 aromatic rings. The van der Waals surface area contributed by atoms with Crippen LogP contribution in [-0.2, 0) is 4.74 Å². The zero-order valence-corrected chi connectivity index (χ0v) is 11.3. The Morgan fingerprint density at radius 2 is 1.82 bits per heavy atom. The van der Waals surface area contributed by atoms with Gasteiger partial charge in [0.1, 0.15) is 6.61 Å². The highest BCUT2D eigenvalue weighted by Gasteiger charge is 2.20. The van der Waals surface area contributed by atoms with E-state index < -0.39 is 12.5 Å². The van der Waals surface area contributed by atoms with Gasteiger partial charge in [-0.05, 0) is 18.7 Å². The lowest BCUT2D eigenvalue weighted by Gasteiger charge is -2.10. The van der Waals surface area contributed by atoms with E-state index >= 15 is 0 Å². The molecule has 0 aliphatic rings. The molecular formula is C13H25F2NO. The van der Waals surface area contributed by atoms with Gasteiger partial charge in [-0.2, -0.15) is 0 Å². The Labute approximate surface area is 104 Å². The number of alkyl halides is 2. The lowest BCUT2D eigenvalue weighted by atomic mass is 10.3. The van der Waals surface area contributed by atoms with Crippen LogP contribution in [0.3, 0.4) is 0 Å². The van der Waals surface area contributed by atoms with E-state index in [1.807, 2.05) is 20.8 Å². The van der Waals surface area contributed by atoms with Crippen molar-refractivity contribution in [2.24, 2.45) is 5.73 Å². The zero-order valence-electron chi connectivity index (χ0n) is 11.3. The Bertz CT molecular complexity index is 208. The maximum atomic E-state index is 12.2. The van der Waals surface area contributed by atoms with Crippen LogP contribution in [0.25, 0.3) is 0 Å². The topological polar surface area (TPSA) is 35.2 Å². The second-order valence-electron chi connectivity index (χ2n) is 2.96. The Hall–Kier alpha value is -1.16. The van der Waals surface area contributed by atoms with Gasteiger partial charge >= 0.3 is 0 Å². The van der Waals surface area contributed by atoms with Crippen LogP contribution >= 0.6 is 0 Å². The van der Waals surface area contributed by atoms with E-state index in [2.05, 4.69) is 18.9 Å². The molecule has 2 N–H and O–H groups in total. The molecule has 17 heavy (non-hydrogen) atoms. The highest BCUT2D eigenvalue weighted by molar-refractivity contribution is 5.13. The monoisotopic (exact) mass is 249 g/mol. The van der Waals surface area contributed by atoms with Crippen molar-refractivity contribution in [3.63, 3.8) is 0 Å². The van der Waals surface area contributed by atoms with Gasteiger partial charge in [-0.3, -0.25) is 0 Å². The fourth-order valence-electron chi connectivity index (χ4n) is 0.645. The number of allylic oxidation sites excluding steroid dienone is 1. The molecule has 0 aromatic carbocycles. The van der Waals surface area contributed by atoms with E-state index in [0.717, 1.165) is 6.92 Å². The maximum absolute atomic E-state index is 12.2. The Balaban J connectivity index is -0.000000337. The van der Waals surface area contributed by atoms with Crippen molar-refractivity contribution >= 4 is 0 Å². The van der Waals surface area contributed by atoms with Gasteiger partial charge in [0.05, 0.1) is 6.61 Å². The van der Waals surface area contributed by atoms with E-state index in [4.69, 9.17) is 4.74 Å². The second kappa shape index (κ2) is 14.8. The van der Waals surface area contributed by atoms with Crippen LogP contribution in [0.5, 0.6) is 0 Å². The molecule has 0 heterocycles. The summed E-state index contributed by atoms with van der Waals surface area (Å²) in [5.41, 5.74) is 5.31. The van der Waals surface area contributed by atoms with Gasteiger partial charge in [0.2, 0.25) is 0 Å². The van der Waals surface area contributed by atoms with Crippen molar-refractivity contribution in [3.8, 4) is 0 Å². The van der Waals surface area contributed by atoms with Gasteiger partial charge in [0, 0.05) is 6.92 Å². The molecule has 2 nitrogen and oxygen atoms in total. The summed E-state index contributed by atoms with van der Waals surface area (Å²) in [6.45, 7) is 13.0. The average molecular weight is 249 g/mol. The van der Waals surface area contributed by atoms with Crippen molar-refractivity contribution < 1.29 is 13.5 Å². The summed E-state index contributed by atoms with van der Waals surface area (Å²) >= 11 is 0. The third kappa shape index (κ3) is 31.3. The quantitative estimate of drug-likeness (QED) is 0.750. The van der Waals surface area contributed by atoms with Crippen molar-refractivity contribution in [1.82, 2.24) is 0 Å². The van der Waals surface area contributed by atoms with Crippen LogP contribution < -0.4 is 5.73 Å². The third-order valence-electron chi connectivity index (χ3n) is 1.05.